The fraction of sp³-hybridized carbons (Fsp3) is 0.100. The van der Waals surface area contributed by atoms with Crippen LogP contribution in [0.15, 0.2) is 82.8 Å². The van der Waals surface area contributed by atoms with Crippen molar-refractivity contribution in [2.45, 2.75) is 20.5 Å². The summed E-state index contributed by atoms with van der Waals surface area (Å²) in [6.45, 7) is 4.13. The van der Waals surface area contributed by atoms with Crippen molar-refractivity contribution < 1.29 is 19.1 Å². The van der Waals surface area contributed by atoms with Gasteiger partial charge in [0.1, 0.15) is 17.9 Å². The van der Waals surface area contributed by atoms with E-state index in [-0.39, 0.29) is 17.9 Å². The van der Waals surface area contributed by atoms with E-state index < -0.39 is 17.8 Å². The third-order valence-electron chi connectivity index (χ3n) is 6.43. The van der Waals surface area contributed by atoms with Crippen LogP contribution in [0.5, 0.6) is 5.75 Å². The molecule has 0 atom stereocenters. The number of amides is 4. The molecular formula is C30H22BrClN2O4. The molecule has 8 heteroatoms. The number of imide groups is 2. The van der Waals surface area contributed by atoms with Gasteiger partial charge in [-0.3, -0.25) is 14.9 Å². The Kier molecular flexibility index (Phi) is 7.06. The van der Waals surface area contributed by atoms with Crippen molar-refractivity contribution >= 4 is 67.9 Å². The number of benzene rings is 4. The summed E-state index contributed by atoms with van der Waals surface area (Å²) in [5.41, 5.74) is 3.50. The average Bonchev–Trinajstić information content (AvgIpc) is 2.89. The fourth-order valence-corrected chi connectivity index (χ4v) is 4.87. The van der Waals surface area contributed by atoms with Crippen LogP contribution >= 0.6 is 27.5 Å². The monoisotopic (exact) mass is 588 g/mol. The second-order valence-corrected chi connectivity index (χ2v) is 10.3. The summed E-state index contributed by atoms with van der Waals surface area (Å²) in [6, 6.07) is 21.5. The van der Waals surface area contributed by atoms with Crippen LogP contribution in [0.2, 0.25) is 5.02 Å². The second kappa shape index (κ2) is 10.4. The van der Waals surface area contributed by atoms with Crippen molar-refractivity contribution in [2.75, 3.05) is 4.90 Å². The fourth-order valence-electron chi connectivity index (χ4n) is 4.32. The van der Waals surface area contributed by atoms with Crippen LogP contribution in [0.4, 0.5) is 10.5 Å². The maximum absolute atomic E-state index is 13.4. The molecule has 5 rings (SSSR count). The Balaban J connectivity index is 1.50. The first-order valence-corrected chi connectivity index (χ1v) is 13.0. The zero-order valence-electron chi connectivity index (χ0n) is 20.5. The van der Waals surface area contributed by atoms with Crippen molar-refractivity contribution in [3.05, 3.63) is 110 Å². The molecule has 0 aromatic heterocycles. The molecule has 1 fully saturated rings. The third-order valence-corrected chi connectivity index (χ3v) is 7.33. The molecule has 1 heterocycles. The summed E-state index contributed by atoms with van der Waals surface area (Å²) < 4.78 is 6.97. The van der Waals surface area contributed by atoms with Crippen LogP contribution in [0.3, 0.4) is 0 Å². The Bertz CT molecular complexity index is 1660. The van der Waals surface area contributed by atoms with Crippen molar-refractivity contribution in [3.8, 4) is 5.75 Å². The van der Waals surface area contributed by atoms with E-state index in [1.807, 2.05) is 32.0 Å². The Labute approximate surface area is 233 Å². The molecule has 4 aromatic rings. The molecule has 4 aromatic carbocycles. The minimum atomic E-state index is -0.839. The molecule has 1 saturated heterocycles. The van der Waals surface area contributed by atoms with Gasteiger partial charge >= 0.3 is 6.03 Å². The van der Waals surface area contributed by atoms with Crippen LogP contribution in [-0.2, 0) is 16.2 Å². The smallest absolute Gasteiger partial charge is 0.335 e. The van der Waals surface area contributed by atoms with Gasteiger partial charge in [-0.25, -0.2) is 9.69 Å². The molecule has 6 nitrogen and oxygen atoms in total. The molecule has 38 heavy (non-hydrogen) atoms. The molecule has 0 aliphatic carbocycles. The highest BCUT2D eigenvalue weighted by Gasteiger charge is 2.37. The van der Waals surface area contributed by atoms with E-state index in [0.29, 0.717) is 16.3 Å². The summed E-state index contributed by atoms with van der Waals surface area (Å²) in [4.78, 5) is 39.7. The van der Waals surface area contributed by atoms with Crippen molar-refractivity contribution in [3.63, 3.8) is 0 Å². The van der Waals surface area contributed by atoms with Crippen molar-refractivity contribution in [2.24, 2.45) is 0 Å². The molecule has 0 saturated carbocycles. The lowest BCUT2D eigenvalue weighted by Crippen LogP contribution is -2.54. The minimum Gasteiger partial charge on any atom is -0.488 e. The van der Waals surface area contributed by atoms with Gasteiger partial charge in [0.2, 0.25) is 0 Å². The van der Waals surface area contributed by atoms with E-state index >= 15 is 0 Å². The van der Waals surface area contributed by atoms with Crippen molar-refractivity contribution in [1.29, 1.82) is 0 Å². The molecule has 1 N–H and O–H groups in total. The first kappa shape index (κ1) is 25.7. The average molecular weight is 590 g/mol. The van der Waals surface area contributed by atoms with E-state index in [1.54, 1.807) is 24.3 Å². The number of hydrogen-bond acceptors (Lipinski definition) is 4. The van der Waals surface area contributed by atoms with Gasteiger partial charge in [0.15, 0.2) is 0 Å². The van der Waals surface area contributed by atoms with Gasteiger partial charge in [0.25, 0.3) is 11.8 Å². The molecule has 0 bridgehead atoms. The van der Waals surface area contributed by atoms with Crippen LogP contribution in [0.1, 0.15) is 22.3 Å². The topological polar surface area (TPSA) is 75.7 Å². The number of halogens is 2. The van der Waals surface area contributed by atoms with Gasteiger partial charge < -0.3 is 4.74 Å². The van der Waals surface area contributed by atoms with Gasteiger partial charge in [-0.1, -0.05) is 70.0 Å². The van der Waals surface area contributed by atoms with Gasteiger partial charge in [0, 0.05) is 20.6 Å². The number of barbiturate groups is 1. The van der Waals surface area contributed by atoms with E-state index in [2.05, 4.69) is 45.5 Å². The number of carbonyl (C=O) groups excluding carboxylic acids is 3. The summed E-state index contributed by atoms with van der Waals surface area (Å²) in [5, 5.41) is 4.85. The van der Waals surface area contributed by atoms with E-state index in [0.717, 1.165) is 36.8 Å². The Morgan fingerprint density at radius 1 is 0.947 bits per heavy atom. The summed E-state index contributed by atoms with van der Waals surface area (Å²) in [7, 11) is 0. The van der Waals surface area contributed by atoms with E-state index in [9.17, 15) is 14.4 Å². The summed E-state index contributed by atoms with van der Waals surface area (Å²) >= 11 is 9.68. The lowest BCUT2D eigenvalue weighted by molar-refractivity contribution is -0.122. The standard InChI is InChI=1S/C30H22BrClN2O4/c1-17-7-9-19-5-3-4-6-23(19)25(17)16-38-27-12-10-21(31)13-20(27)14-24-28(35)33-30(37)34(29(24)36)22-11-8-18(2)26(32)15-22/h3-15H,16H2,1-2H3,(H,33,35,37)/b24-14+. The molecule has 1 aliphatic heterocycles. The first-order valence-electron chi connectivity index (χ1n) is 11.8. The SMILES string of the molecule is Cc1ccc(N2C(=O)NC(=O)/C(=C\c3cc(Br)ccc3OCc3c(C)ccc4ccccc34)C2=O)cc1Cl. The van der Waals surface area contributed by atoms with E-state index in [1.165, 1.54) is 12.1 Å². The maximum atomic E-state index is 13.4. The minimum absolute atomic E-state index is 0.203. The number of urea groups is 1. The number of carbonyl (C=O) groups is 3. The van der Waals surface area contributed by atoms with Crippen molar-refractivity contribution in [1.82, 2.24) is 5.32 Å². The van der Waals surface area contributed by atoms with Gasteiger partial charge in [-0.2, -0.15) is 0 Å². The molecular weight excluding hydrogens is 568 g/mol. The second-order valence-electron chi connectivity index (χ2n) is 8.94. The molecule has 1 aliphatic rings. The Morgan fingerprint density at radius 2 is 1.71 bits per heavy atom. The number of fused-ring (bicyclic) bond motifs is 1. The lowest BCUT2D eigenvalue weighted by atomic mass is 10.0. The predicted octanol–water partition coefficient (Wildman–Crippen LogP) is 7.12. The molecule has 0 unspecified atom stereocenters. The van der Waals surface area contributed by atoms with Crippen LogP contribution in [-0.4, -0.2) is 17.8 Å². The largest absolute Gasteiger partial charge is 0.488 e. The number of nitrogens with one attached hydrogen (secondary N) is 1. The molecule has 190 valence electrons. The quantitative estimate of drug-likeness (QED) is 0.199. The number of anilines is 1. The third kappa shape index (κ3) is 4.95. The lowest BCUT2D eigenvalue weighted by Gasteiger charge is -2.26. The number of nitrogens with zero attached hydrogens (tertiary/aromatic N) is 1. The predicted molar refractivity (Wildman–Crippen MR) is 152 cm³/mol. The normalized spacial score (nSPS) is 14.8. The molecule has 0 spiro atoms. The first-order chi connectivity index (χ1) is 18.2. The van der Waals surface area contributed by atoms with Gasteiger partial charge in [-0.05, 0) is 72.2 Å². The summed E-state index contributed by atoms with van der Waals surface area (Å²) in [6.07, 6.45) is 1.43. The highest BCUT2D eigenvalue weighted by atomic mass is 79.9. The maximum Gasteiger partial charge on any atom is 0.335 e. The molecule has 4 amide bonds. The van der Waals surface area contributed by atoms with Gasteiger partial charge in [-0.15, -0.1) is 0 Å². The Hall–Kier alpha value is -3.94. The zero-order chi connectivity index (χ0) is 27.0. The highest BCUT2D eigenvalue weighted by Crippen LogP contribution is 2.31. The number of hydrogen-bond donors (Lipinski definition) is 1. The number of aryl methyl sites for hydroxylation is 2. The van der Waals surface area contributed by atoms with Gasteiger partial charge in [0.05, 0.1) is 5.69 Å². The Morgan fingerprint density at radius 3 is 2.50 bits per heavy atom. The van der Waals surface area contributed by atoms with Crippen LogP contribution in [0.25, 0.3) is 16.8 Å². The zero-order valence-corrected chi connectivity index (χ0v) is 22.9. The highest BCUT2D eigenvalue weighted by molar-refractivity contribution is 9.10. The van der Waals surface area contributed by atoms with Crippen LogP contribution in [0, 0.1) is 13.8 Å². The number of rotatable bonds is 5. The van der Waals surface area contributed by atoms with E-state index in [4.69, 9.17) is 16.3 Å². The van der Waals surface area contributed by atoms with Crippen LogP contribution < -0.4 is 15.0 Å². The number of ether oxygens (including phenoxy) is 1. The summed E-state index contributed by atoms with van der Waals surface area (Å²) in [5.74, 6) is -1.06. The molecule has 0 radical (unpaired) electrons.